The summed E-state index contributed by atoms with van der Waals surface area (Å²) in [4.78, 5) is 16.5. The van der Waals surface area contributed by atoms with Gasteiger partial charge in [-0.1, -0.05) is 11.6 Å². The molecule has 0 radical (unpaired) electrons. The molecule has 1 unspecified atom stereocenters. The van der Waals surface area contributed by atoms with Crippen molar-refractivity contribution in [2.24, 2.45) is 0 Å². The van der Waals surface area contributed by atoms with Crippen molar-refractivity contribution in [3.63, 3.8) is 0 Å². The third kappa shape index (κ3) is 6.05. The van der Waals surface area contributed by atoms with E-state index < -0.39 is 12.2 Å². The molecule has 1 aromatic heterocycles. The van der Waals surface area contributed by atoms with Crippen LogP contribution in [0.3, 0.4) is 0 Å². The van der Waals surface area contributed by atoms with Crippen LogP contribution in [0.5, 0.6) is 11.5 Å². The number of hydrogen-bond acceptors (Lipinski definition) is 6. The van der Waals surface area contributed by atoms with Crippen LogP contribution in [-0.2, 0) is 4.79 Å². The third-order valence-electron chi connectivity index (χ3n) is 4.95. The van der Waals surface area contributed by atoms with E-state index >= 15 is 0 Å². The normalized spacial score (nSPS) is 18.8. The van der Waals surface area contributed by atoms with Crippen molar-refractivity contribution in [2.45, 2.75) is 31.3 Å². The minimum atomic E-state index is -4.79. The average Bonchev–Trinajstić information content (AvgIpc) is 3.17. The zero-order chi connectivity index (χ0) is 23.6. The Kier molecular flexibility index (Phi) is 6.61. The Morgan fingerprint density at radius 3 is 2.70 bits per heavy atom. The zero-order valence-electron chi connectivity index (χ0n) is 16.9. The molecule has 0 aliphatic carbocycles. The van der Waals surface area contributed by atoms with E-state index in [2.05, 4.69) is 20.4 Å². The minimum Gasteiger partial charge on any atom is -0.484 e. The summed E-state index contributed by atoms with van der Waals surface area (Å²) in [6.07, 6.45) is -3.61. The number of piperidine rings is 1. The summed E-state index contributed by atoms with van der Waals surface area (Å²) >= 11 is 5.61. The lowest BCUT2D eigenvalue weighted by atomic mass is 10.0. The molecule has 0 spiro atoms. The molecule has 1 aliphatic heterocycles. The maximum atomic E-state index is 13.4. The predicted octanol–water partition coefficient (Wildman–Crippen LogP) is 4.51. The van der Waals surface area contributed by atoms with Crippen molar-refractivity contribution in [1.29, 1.82) is 0 Å². The molecule has 176 valence electrons. The summed E-state index contributed by atoms with van der Waals surface area (Å²) < 4.78 is 65.4. The second kappa shape index (κ2) is 9.44. The van der Waals surface area contributed by atoms with Crippen LogP contribution < -0.4 is 20.1 Å². The van der Waals surface area contributed by atoms with E-state index in [-0.39, 0.29) is 46.7 Å². The molecule has 3 aromatic rings. The van der Waals surface area contributed by atoms with E-state index in [0.29, 0.717) is 30.8 Å². The first-order valence-corrected chi connectivity index (χ1v) is 10.3. The number of fused-ring (bicyclic) bond motifs is 1. The number of hydrogen-bond donors (Lipinski definition) is 2. The molecule has 4 rings (SSSR count). The quantitative estimate of drug-likeness (QED) is 0.498. The van der Waals surface area contributed by atoms with Crippen LogP contribution in [0.4, 0.5) is 17.6 Å². The third-order valence-corrected chi connectivity index (χ3v) is 5.26. The number of ether oxygens (including phenoxy) is 2. The van der Waals surface area contributed by atoms with Crippen LogP contribution in [0, 0.1) is 5.82 Å². The Bertz CT molecular complexity index is 1150. The van der Waals surface area contributed by atoms with Gasteiger partial charge in [0.2, 0.25) is 5.89 Å². The highest BCUT2D eigenvalue weighted by atomic mass is 35.5. The summed E-state index contributed by atoms with van der Waals surface area (Å²) in [5, 5.41) is 5.99. The molecule has 2 aromatic carbocycles. The molecule has 1 amide bonds. The Morgan fingerprint density at radius 2 is 2.00 bits per heavy atom. The Hall–Kier alpha value is -3.05. The topological polar surface area (TPSA) is 85.6 Å². The summed E-state index contributed by atoms with van der Waals surface area (Å²) in [6, 6.07) is 7.17. The van der Waals surface area contributed by atoms with Gasteiger partial charge in [-0.15, -0.1) is 13.2 Å². The molecular formula is C21H18ClF4N3O4. The van der Waals surface area contributed by atoms with Gasteiger partial charge >= 0.3 is 6.36 Å². The number of halogens is 5. The number of nitrogens with zero attached hydrogens (tertiary/aromatic N) is 1. The summed E-state index contributed by atoms with van der Waals surface area (Å²) in [7, 11) is 0. The van der Waals surface area contributed by atoms with E-state index in [1.54, 1.807) is 0 Å². The highest BCUT2D eigenvalue weighted by Gasteiger charge is 2.31. The molecule has 0 bridgehead atoms. The van der Waals surface area contributed by atoms with Gasteiger partial charge < -0.3 is 24.5 Å². The van der Waals surface area contributed by atoms with Crippen molar-refractivity contribution in [3.8, 4) is 11.5 Å². The number of oxazole rings is 1. The zero-order valence-corrected chi connectivity index (χ0v) is 17.7. The summed E-state index contributed by atoms with van der Waals surface area (Å²) in [5.41, 5.74) is 0.590. The number of amides is 1. The minimum absolute atomic E-state index is 0.0383. The molecule has 1 aliphatic rings. The molecule has 1 fully saturated rings. The molecule has 2 heterocycles. The standard InChI is InChI=1S/C21H18ClF4N3O4/c22-14-4-2-12(7-15(14)23)31-10-19(30)28-11-1-5-17(27-9-11)20-29-16-6-3-13(8-18(16)32-20)33-21(24,25)26/h2-4,6-8,11,17,27H,1,5,9-10H2,(H,28,30)/t11?,17-/m1/s1. The van der Waals surface area contributed by atoms with Gasteiger partial charge in [-0.2, -0.15) is 0 Å². The van der Waals surface area contributed by atoms with Crippen LogP contribution in [0.1, 0.15) is 24.8 Å². The molecule has 33 heavy (non-hydrogen) atoms. The lowest BCUT2D eigenvalue weighted by Crippen LogP contribution is -2.48. The van der Waals surface area contributed by atoms with Gasteiger partial charge in [-0.25, -0.2) is 9.37 Å². The average molecular weight is 488 g/mol. The van der Waals surface area contributed by atoms with Gasteiger partial charge in [-0.3, -0.25) is 4.79 Å². The highest BCUT2D eigenvalue weighted by molar-refractivity contribution is 6.30. The molecule has 0 saturated carbocycles. The number of carbonyl (C=O) groups excluding carboxylic acids is 1. The first kappa shape index (κ1) is 23.1. The lowest BCUT2D eigenvalue weighted by Gasteiger charge is -2.28. The number of carbonyl (C=O) groups is 1. The monoisotopic (exact) mass is 487 g/mol. The van der Waals surface area contributed by atoms with Crippen molar-refractivity contribution in [2.75, 3.05) is 13.2 Å². The summed E-state index contributed by atoms with van der Waals surface area (Å²) in [5.74, 6) is -0.864. The predicted molar refractivity (Wildman–Crippen MR) is 110 cm³/mol. The number of rotatable bonds is 6. The second-order valence-electron chi connectivity index (χ2n) is 7.40. The van der Waals surface area contributed by atoms with Crippen molar-refractivity contribution in [1.82, 2.24) is 15.6 Å². The number of aromatic nitrogens is 1. The molecule has 1 saturated heterocycles. The highest BCUT2D eigenvalue weighted by Crippen LogP contribution is 2.30. The van der Waals surface area contributed by atoms with Crippen LogP contribution in [0.2, 0.25) is 5.02 Å². The molecule has 7 nitrogen and oxygen atoms in total. The van der Waals surface area contributed by atoms with E-state index in [0.717, 1.165) is 12.1 Å². The van der Waals surface area contributed by atoms with Gasteiger partial charge in [0.25, 0.3) is 5.91 Å². The fourth-order valence-corrected chi connectivity index (χ4v) is 3.56. The van der Waals surface area contributed by atoms with Crippen molar-refractivity contribution in [3.05, 3.63) is 53.1 Å². The van der Waals surface area contributed by atoms with E-state index in [1.807, 2.05) is 0 Å². The van der Waals surface area contributed by atoms with Crippen LogP contribution in [0.15, 0.2) is 40.8 Å². The van der Waals surface area contributed by atoms with Crippen LogP contribution >= 0.6 is 11.6 Å². The van der Waals surface area contributed by atoms with E-state index in [4.69, 9.17) is 20.8 Å². The van der Waals surface area contributed by atoms with E-state index in [9.17, 15) is 22.4 Å². The molecular weight excluding hydrogens is 470 g/mol. The van der Waals surface area contributed by atoms with Crippen LogP contribution in [-0.4, -0.2) is 36.4 Å². The van der Waals surface area contributed by atoms with Crippen LogP contribution in [0.25, 0.3) is 11.1 Å². The Morgan fingerprint density at radius 1 is 1.21 bits per heavy atom. The SMILES string of the molecule is O=C(COc1ccc(Cl)c(F)c1)NC1CC[C@H](c2nc3ccc(OC(F)(F)F)cc3o2)NC1. The first-order chi connectivity index (χ1) is 15.7. The van der Waals surface area contributed by atoms with Crippen molar-refractivity contribution < 1.29 is 36.2 Å². The molecule has 12 heteroatoms. The lowest BCUT2D eigenvalue weighted by molar-refractivity contribution is -0.274. The molecule has 2 N–H and O–H groups in total. The molecule has 2 atom stereocenters. The summed E-state index contributed by atoms with van der Waals surface area (Å²) in [6.45, 7) is 0.140. The smallest absolute Gasteiger partial charge is 0.484 e. The fourth-order valence-electron chi connectivity index (χ4n) is 3.44. The number of benzene rings is 2. The Balaban J connectivity index is 1.28. The van der Waals surface area contributed by atoms with Gasteiger partial charge in [0, 0.05) is 24.7 Å². The van der Waals surface area contributed by atoms with Gasteiger partial charge in [0.15, 0.2) is 12.2 Å². The van der Waals surface area contributed by atoms with Gasteiger partial charge in [-0.05, 0) is 37.1 Å². The van der Waals surface area contributed by atoms with E-state index in [1.165, 1.54) is 24.3 Å². The van der Waals surface area contributed by atoms with Gasteiger partial charge in [0.05, 0.1) is 11.1 Å². The first-order valence-electron chi connectivity index (χ1n) is 9.93. The maximum Gasteiger partial charge on any atom is 0.573 e. The fraction of sp³-hybridized carbons (Fsp3) is 0.333. The second-order valence-corrected chi connectivity index (χ2v) is 7.80. The number of alkyl halides is 3. The number of nitrogens with one attached hydrogen (secondary N) is 2. The largest absolute Gasteiger partial charge is 0.573 e. The Labute approximate surface area is 190 Å². The van der Waals surface area contributed by atoms with Crippen molar-refractivity contribution >= 4 is 28.6 Å². The maximum absolute atomic E-state index is 13.4. The van der Waals surface area contributed by atoms with Gasteiger partial charge in [0.1, 0.15) is 22.8 Å².